The van der Waals surface area contributed by atoms with E-state index in [-0.39, 0.29) is 11.9 Å². The first-order valence-corrected chi connectivity index (χ1v) is 6.18. The lowest BCUT2D eigenvalue weighted by Crippen LogP contribution is -2.32. The Morgan fingerprint density at radius 3 is 2.69 bits per heavy atom. The summed E-state index contributed by atoms with van der Waals surface area (Å²) >= 11 is 3.42. The number of benzene rings is 1. The third-order valence-corrected chi connectivity index (χ3v) is 3.65. The summed E-state index contributed by atoms with van der Waals surface area (Å²) in [5, 5.41) is 3.03. The van der Waals surface area contributed by atoms with Crippen molar-refractivity contribution in [2.75, 3.05) is 0 Å². The van der Waals surface area contributed by atoms with E-state index < -0.39 is 0 Å². The first kappa shape index (κ1) is 11.4. The van der Waals surface area contributed by atoms with Crippen molar-refractivity contribution in [2.45, 2.75) is 25.8 Å². The number of nitrogens with one attached hydrogen (secondary N) is 1. The molecule has 2 rings (SSSR count). The second kappa shape index (κ2) is 4.83. The van der Waals surface area contributed by atoms with Crippen LogP contribution in [0.3, 0.4) is 0 Å². The average Bonchev–Trinajstić information content (AvgIpc) is 2.74. The molecule has 0 radical (unpaired) electrons. The van der Waals surface area contributed by atoms with E-state index in [0.717, 1.165) is 28.4 Å². The van der Waals surface area contributed by atoms with Gasteiger partial charge in [0.05, 0.1) is 0 Å². The van der Waals surface area contributed by atoms with E-state index in [2.05, 4.69) is 33.4 Å². The Labute approximate surface area is 104 Å². The van der Waals surface area contributed by atoms with E-state index >= 15 is 0 Å². The molecule has 1 amide bonds. The van der Waals surface area contributed by atoms with Gasteiger partial charge < -0.3 is 5.32 Å². The molecule has 2 nitrogen and oxygen atoms in total. The largest absolute Gasteiger partial charge is 0.349 e. The van der Waals surface area contributed by atoms with Crippen molar-refractivity contribution in [1.82, 2.24) is 5.32 Å². The summed E-state index contributed by atoms with van der Waals surface area (Å²) in [6.45, 7) is 1.98. The number of amides is 1. The predicted octanol–water partition coefficient (Wildman–Crippen LogP) is 3.21. The van der Waals surface area contributed by atoms with Crippen LogP contribution in [0, 0.1) is 6.92 Å². The smallest absolute Gasteiger partial charge is 0.251 e. The Bertz CT molecular complexity index is 432. The molecule has 1 aromatic carbocycles. The summed E-state index contributed by atoms with van der Waals surface area (Å²) in [4.78, 5) is 11.9. The molecule has 0 bridgehead atoms. The number of hydrogen-bond donors (Lipinski definition) is 1. The van der Waals surface area contributed by atoms with E-state index in [1.165, 1.54) is 0 Å². The first-order valence-electron chi connectivity index (χ1n) is 5.39. The molecule has 0 heterocycles. The van der Waals surface area contributed by atoms with Gasteiger partial charge in [-0.1, -0.05) is 28.1 Å². The van der Waals surface area contributed by atoms with E-state index in [4.69, 9.17) is 0 Å². The van der Waals surface area contributed by atoms with Crippen LogP contribution >= 0.6 is 15.9 Å². The van der Waals surface area contributed by atoms with Crippen molar-refractivity contribution in [3.8, 4) is 0 Å². The quantitative estimate of drug-likeness (QED) is 0.828. The predicted molar refractivity (Wildman–Crippen MR) is 68.5 cm³/mol. The van der Waals surface area contributed by atoms with E-state index in [0.29, 0.717) is 0 Å². The van der Waals surface area contributed by atoms with Crippen LogP contribution in [-0.4, -0.2) is 11.9 Å². The lowest BCUT2D eigenvalue weighted by atomic mass is 10.1. The van der Waals surface area contributed by atoms with Gasteiger partial charge in [-0.05, 0) is 43.5 Å². The summed E-state index contributed by atoms with van der Waals surface area (Å²) in [7, 11) is 0. The van der Waals surface area contributed by atoms with Crippen molar-refractivity contribution in [2.24, 2.45) is 0 Å². The van der Waals surface area contributed by atoms with Crippen LogP contribution < -0.4 is 5.32 Å². The standard InChI is InChI=1S/C13H14BrNO/c1-9-8-10(6-7-12(9)14)13(16)15-11-4-2-3-5-11/h2-3,6-8,11H,4-5H2,1H3,(H,15,16). The Morgan fingerprint density at radius 2 is 2.06 bits per heavy atom. The van der Waals surface area contributed by atoms with Gasteiger partial charge in [-0.15, -0.1) is 0 Å². The number of halogens is 1. The fourth-order valence-electron chi connectivity index (χ4n) is 1.79. The highest BCUT2D eigenvalue weighted by molar-refractivity contribution is 9.10. The highest BCUT2D eigenvalue weighted by Gasteiger charge is 2.14. The summed E-state index contributed by atoms with van der Waals surface area (Å²) in [5.41, 5.74) is 1.81. The molecule has 0 saturated carbocycles. The highest BCUT2D eigenvalue weighted by atomic mass is 79.9. The van der Waals surface area contributed by atoms with Gasteiger partial charge in [0.2, 0.25) is 0 Å². The SMILES string of the molecule is Cc1cc(C(=O)NC2CC=CC2)ccc1Br. The van der Waals surface area contributed by atoms with Gasteiger partial charge in [0.1, 0.15) is 0 Å². The number of hydrogen-bond acceptors (Lipinski definition) is 1. The maximum atomic E-state index is 11.9. The minimum Gasteiger partial charge on any atom is -0.349 e. The Kier molecular flexibility index (Phi) is 3.44. The number of aryl methyl sites for hydroxylation is 1. The minimum absolute atomic E-state index is 0.0179. The normalized spacial score (nSPS) is 15.4. The summed E-state index contributed by atoms with van der Waals surface area (Å²) in [6.07, 6.45) is 6.11. The van der Waals surface area contributed by atoms with Crippen molar-refractivity contribution in [1.29, 1.82) is 0 Å². The van der Waals surface area contributed by atoms with E-state index in [1.807, 2.05) is 25.1 Å². The minimum atomic E-state index is 0.0179. The summed E-state index contributed by atoms with van der Waals surface area (Å²) in [5.74, 6) is 0.0179. The third kappa shape index (κ3) is 2.53. The summed E-state index contributed by atoms with van der Waals surface area (Å²) in [6, 6.07) is 5.93. The number of rotatable bonds is 2. The van der Waals surface area contributed by atoms with Crippen LogP contribution in [0.2, 0.25) is 0 Å². The van der Waals surface area contributed by atoms with Crippen molar-refractivity contribution in [3.63, 3.8) is 0 Å². The molecular formula is C13H14BrNO. The van der Waals surface area contributed by atoms with Gasteiger partial charge in [-0.3, -0.25) is 4.79 Å². The van der Waals surface area contributed by atoms with E-state index in [9.17, 15) is 4.79 Å². The van der Waals surface area contributed by atoms with Gasteiger partial charge in [0.25, 0.3) is 5.91 Å². The lowest BCUT2D eigenvalue weighted by Gasteiger charge is -2.12. The highest BCUT2D eigenvalue weighted by Crippen LogP contribution is 2.17. The monoisotopic (exact) mass is 279 g/mol. The van der Waals surface area contributed by atoms with Crippen molar-refractivity contribution < 1.29 is 4.79 Å². The maximum absolute atomic E-state index is 11.9. The molecule has 0 fully saturated rings. The Hall–Kier alpha value is -1.09. The van der Waals surface area contributed by atoms with Crippen LogP contribution in [0.4, 0.5) is 0 Å². The maximum Gasteiger partial charge on any atom is 0.251 e. The molecule has 16 heavy (non-hydrogen) atoms. The molecule has 0 aromatic heterocycles. The second-order valence-electron chi connectivity index (χ2n) is 4.08. The molecule has 84 valence electrons. The fraction of sp³-hybridized carbons (Fsp3) is 0.308. The zero-order chi connectivity index (χ0) is 11.5. The van der Waals surface area contributed by atoms with Gasteiger partial charge >= 0.3 is 0 Å². The molecule has 0 aliphatic heterocycles. The first-order chi connectivity index (χ1) is 7.66. The van der Waals surface area contributed by atoms with Crippen molar-refractivity contribution >= 4 is 21.8 Å². The molecular weight excluding hydrogens is 266 g/mol. The summed E-state index contributed by atoms with van der Waals surface area (Å²) < 4.78 is 1.03. The molecule has 3 heteroatoms. The number of carbonyl (C=O) groups is 1. The molecule has 0 atom stereocenters. The van der Waals surface area contributed by atoms with Crippen LogP contribution in [0.1, 0.15) is 28.8 Å². The average molecular weight is 280 g/mol. The van der Waals surface area contributed by atoms with Gasteiger partial charge in [0.15, 0.2) is 0 Å². The van der Waals surface area contributed by atoms with Gasteiger partial charge in [-0.25, -0.2) is 0 Å². The molecule has 0 unspecified atom stereocenters. The Morgan fingerprint density at radius 1 is 1.38 bits per heavy atom. The van der Waals surface area contributed by atoms with Crippen LogP contribution in [0.5, 0.6) is 0 Å². The van der Waals surface area contributed by atoms with Crippen molar-refractivity contribution in [3.05, 3.63) is 46.0 Å². The topological polar surface area (TPSA) is 29.1 Å². The molecule has 1 aliphatic carbocycles. The molecule has 1 aliphatic rings. The zero-order valence-corrected chi connectivity index (χ0v) is 10.8. The third-order valence-electron chi connectivity index (χ3n) is 2.76. The van der Waals surface area contributed by atoms with Crippen LogP contribution in [0.25, 0.3) is 0 Å². The van der Waals surface area contributed by atoms with Gasteiger partial charge in [0, 0.05) is 16.1 Å². The number of carbonyl (C=O) groups excluding carboxylic acids is 1. The molecule has 1 aromatic rings. The van der Waals surface area contributed by atoms with E-state index in [1.54, 1.807) is 0 Å². The molecule has 0 saturated heterocycles. The van der Waals surface area contributed by atoms with Crippen LogP contribution in [0.15, 0.2) is 34.8 Å². The molecule has 1 N–H and O–H groups in total. The van der Waals surface area contributed by atoms with Gasteiger partial charge in [-0.2, -0.15) is 0 Å². The lowest BCUT2D eigenvalue weighted by molar-refractivity contribution is 0.0939. The second-order valence-corrected chi connectivity index (χ2v) is 4.93. The fourth-order valence-corrected chi connectivity index (χ4v) is 2.04. The zero-order valence-electron chi connectivity index (χ0n) is 9.16. The van der Waals surface area contributed by atoms with Crippen LogP contribution in [-0.2, 0) is 0 Å². The molecule has 0 spiro atoms. The Balaban J connectivity index is 2.05.